The van der Waals surface area contributed by atoms with Gasteiger partial charge in [-0.3, -0.25) is 10.1 Å². The van der Waals surface area contributed by atoms with Crippen molar-refractivity contribution in [3.63, 3.8) is 0 Å². The maximum Gasteiger partial charge on any atom is 0.411 e. The van der Waals surface area contributed by atoms with E-state index in [4.69, 9.17) is 26.1 Å². The second-order valence-electron chi connectivity index (χ2n) is 9.90. The van der Waals surface area contributed by atoms with E-state index in [1.165, 1.54) is 36.3 Å². The summed E-state index contributed by atoms with van der Waals surface area (Å²) in [5.74, 6) is -0.545. The molecule has 1 aliphatic heterocycles. The number of amides is 2. The number of carbonyl (C=O) groups excluding carboxylic acids is 2. The lowest BCUT2D eigenvalue weighted by molar-refractivity contribution is -0.117. The van der Waals surface area contributed by atoms with Crippen LogP contribution < -0.4 is 16.0 Å². The summed E-state index contributed by atoms with van der Waals surface area (Å²) in [6.07, 6.45) is 8.39. The van der Waals surface area contributed by atoms with E-state index >= 15 is 0 Å². The molecule has 3 heterocycles. The molecule has 2 bridgehead atoms. The molecule has 44 heavy (non-hydrogen) atoms. The van der Waals surface area contributed by atoms with Crippen molar-refractivity contribution < 1.29 is 23.5 Å². The molecule has 2 aromatic carbocycles. The normalized spacial score (nSPS) is 15.0. The van der Waals surface area contributed by atoms with Gasteiger partial charge in [0.2, 0.25) is 5.91 Å². The molecule has 5 rings (SSSR count). The van der Waals surface area contributed by atoms with Crippen LogP contribution in [0.25, 0.3) is 23.0 Å². The number of tetrazole rings is 1. The fraction of sp³-hybridized carbons (Fsp3) is 0.310. The van der Waals surface area contributed by atoms with Crippen molar-refractivity contribution in [3.05, 3.63) is 71.2 Å². The molecule has 0 radical (unpaired) electrons. The lowest BCUT2D eigenvalue weighted by atomic mass is 10.1. The van der Waals surface area contributed by atoms with E-state index in [9.17, 15) is 14.0 Å². The van der Waals surface area contributed by atoms with Crippen molar-refractivity contribution in [2.24, 2.45) is 0 Å². The standard InChI is InChI=1S/C29H31ClFN9O4/c1-43-13-14-44-29(42)35-18-6-7-19-23(15-18)32-12-4-2-3-5-22(28-33-16-24(19)37-28)36-26(41)11-8-20-25(40-17-34-38-39-40)10-9-21(30)27(20)31/h6-11,15-17,22,32H,2-5,12-14H2,1H3,(H,33,37)(H,35,42)(H,36,41)/b11-8+/t22-/m0/s1. The van der Waals surface area contributed by atoms with Crippen LogP contribution in [0.2, 0.25) is 5.02 Å². The third-order valence-corrected chi connectivity index (χ3v) is 7.19. The molecule has 0 unspecified atom stereocenters. The van der Waals surface area contributed by atoms with Crippen molar-refractivity contribution in [2.45, 2.75) is 31.7 Å². The molecule has 0 saturated heterocycles. The number of halogens is 2. The second-order valence-corrected chi connectivity index (χ2v) is 10.3. The van der Waals surface area contributed by atoms with E-state index in [0.29, 0.717) is 42.5 Å². The van der Waals surface area contributed by atoms with Crippen LogP contribution in [0.3, 0.4) is 0 Å². The van der Waals surface area contributed by atoms with Gasteiger partial charge < -0.3 is 25.1 Å². The van der Waals surface area contributed by atoms with Gasteiger partial charge in [0.1, 0.15) is 18.8 Å². The first kappa shape index (κ1) is 30.6. The van der Waals surface area contributed by atoms with Gasteiger partial charge in [-0.25, -0.2) is 14.2 Å². The Labute approximate surface area is 257 Å². The highest BCUT2D eigenvalue weighted by atomic mass is 35.5. The molecule has 0 spiro atoms. The molecule has 0 saturated carbocycles. The average molecular weight is 624 g/mol. The van der Waals surface area contributed by atoms with Crippen LogP contribution in [0.5, 0.6) is 0 Å². The number of nitrogens with one attached hydrogen (secondary N) is 4. The first-order chi connectivity index (χ1) is 21.4. The Bertz CT molecular complexity index is 1630. The number of ether oxygens (including phenoxy) is 2. The zero-order valence-electron chi connectivity index (χ0n) is 23.8. The van der Waals surface area contributed by atoms with Crippen molar-refractivity contribution in [1.82, 2.24) is 35.5 Å². The molecule has 0 fully saturated rings. The Morgan fingerprint density at radius 3 is 2.91 bits per heavy atom. The highest BCUT2D eigenvalue weighted by Gasteiger charge is 2.20. The van der Waals surface area contributed by atoms with E-state index in [0.717, 1.165) is 30.5 Å². The van der Waals surface area contributed by atoms with Crippen molar-refractivity contribution >= 4 is 41.1 Å². The number of hydrogen-bond donors (Lipinski definition) is 4. The first-order valence-corrected chi connectivity index (χ1v) is 14.4. The Kier molecular flexibility index (Phi) is 10.1. The van der Waals surface area contributed by atoms with Crippen LogP contribution in [0.15, 0.2) is 48.9 Å². The van der Waals surface area contributed by atoms with Crippen molar-refractivity contribution in [1.29, 1.82) is 0 Å². The first-order valence-electron chi connectivity index (χ1n) is 14.0. The van der Waals surface area contributed by atoms with E-state index in [1.54, 1.807) is 18.3 Å². The fourth-order valence-corrected chi connectivity index (χ4v) is 4.90. The number of H-pyrrole nitrogens is 1. The summed E-state index contributed by atoms with van der Waals surface area (Å²) in [6.45, 7) is 1.16. The Hall–Kier alpha value is -4.82. The van der Waals surface area contributed by atoms with Crippen LogP contribution in [0.1, 0.15) is 43.1 Å². The van der Waals surface area contributed by atoms with Gasteiger partial charge in [-0.2, -0.15) is 4.68 Å². The Morgan fingerprint density at radius 1 is 1.20 bits per heavy atom. The molecule has 0 aliphatic carbocycles. The SMILES string of the molecule is COCCOC(=O)Nc1ccc2c(c1)NCCCCC[C@H](NC(=O)/C=C/c1c(-n3cnnn3)ccc(Cl)c1F)c1nc-2c[nH]1. The predicted molar refractivity (Wildman–Crippen MR) is 162 cm³/mol. The fourth-order valence-electron chi connectivity index (χ4n) is 4.73. The van der Waals surface area contributed by atoms with Gasteiger partial charge in [0.05, 0.1) is 29.1 Å². The number of fused-ring (bicyclic) bond motifs is 4. The van der Waals surface area contributed by atoms with Crippen molar-refractivity contribution in [2.75, 3.05) is 37.5 Å². The van der Waals surface area contributed by atoms with Crippen LogP contribution in [-0.4, -0.2) is 69.0 Å². The number of methoxy groups -OCH3 is 1. The molecule has 2 amide bonds. The van der Waals surface area contributed by atoms with Gasteiger partial charge in [0.25, 0.3) is 0 Å². The third-order valence-electron chi connectivity index (χ3n) is 6.90. The maximum atomic E-state index is 14.9. The quantitative estimate of drug-likeness (QED) is 0.158. The molecular formula is C29H31ClFN9O4. The van der Waals surface area contributed by atoms with E-state index < -0.39 is 23.9 Å². The van der Waals surface area contributed by atoms with Gasteiger partial charge in [-0.05, 0) is 59.7 Å². The minimum absolute atomic E-state index is 0.0696. The topological polar surface area (TPSA) is 161 Å². The van der Waals surface area contributed by atoms with E-state index in [2.05, 4.69) is 36.5 Å². The molecule has 4 aromatic rings. The van der Waals surface area contributed by atoms with Gasteiger partial charge in [-0.15, -0.1) is 5.10 Å². The Balaban J connectivity index is 1.34. The van der Waals surface area contributed by atoms with Crippen LogP contribution in [0.4, 0.5) is 20.6 Å². The smallest absolute Gasteiger partial charge is 0.411 e. The maximum absolute atomic E-state index is 14.9. The number of carbonyl (C=O) groups is 2. The van der Waals surface area contributed by atoms with Crippen LogP contribution in [-0.2, 0) is 14.3 Å². The monoisotopic (exact) mass is 623 g/mol. The van der Waals surface area contributed by atoms with E-state index in [1.807, 2.05) is 12.1 Å². The second kappa shape index (κ2) is 14.6. The lowest BCUT2D eigenvalue weighted by Crippen LogP contribution is -2.28. The number of hydrogen-bond acceptors (Lipinski definition) is 9. The molecule has 4 N–H and O–H groups in total. The zero-order chi connectivity index (χ0) is 30.9. The van der Waals surface area contributed by atoms with Crippen LogP contribution >= 0.6 is 11.6 Å². The summed E-state index contributed by atoms with van der Waals surface area (Å²) in [7, 11) is 1.53. The van der Waals surface area contributed by atoms with Crippen molar-refractivity contribution in [3.8, 4) is 16.9 Å². The number of aromatic amines is 1. The molecule has 1 aliphatic rings. The number of nitrogens with zero attached hydrogens (tertiary/aromatic N) is 5. The van der Waals surface area contributed by atoms with Gasteiger partial charge >= 0.3 is 6.09 Å². The Morgan fingerprint density at radius 2 is 2.09 bits per heavy atom. The number of rotatable bonds is 8. The minimum Gasteiger partial charge on any atom is -0.447 e. The molecule has 230 valence electrons. The summed E-state index contributed by atoms with van der Waals surface area (Å²) in [4.78, 5) is 33.2. The third kappa shape index (κ3) is 7.57. The van der Waals surface area contributed by atoms with Gasteiger partial charge in [-0.1, -0.05) is 24.4 Å². The summed E-state index contributed by atoms with van der Waals surface area (Å²) >= 11 is 6.01. The van der Waals surface area contributed by atoms with Crippen LogP contribution in [0, 0.1) is 5.82 Å². The molecule has 2 aromatic heterocycles. The molecule has 1 atom stereocenters. The number of anilines is 2. The number of imidazole rings is 1. The molecule has 13 nitrogen and oxygen atoms in total. The molecule has 15 heteroatoms. The van der Waals surface area contributed by atoms with Gasteiger partial charge in [0, 0.05) is 48.4 Å². The van der Waals surface area contributed by atoms with Gasteiger partial charge in [0.15, 0.2) is 5.82 Å². The zero-order valence-corrected chi connectivity index (χ0v) is 24.6. The number of benzene rings is 2. The minimum atomic E-state index is -0.695. The summed E-state index contributed by atoms with van der Waals surface area (Å²) in [6, 6.07) is 8.00. The lowest BCUT2D eigenvalue weighted by Gasteiger charge is -2.17. The summed E-state index contributed by atoms with van der Waals surface area (Å²) < 4.78 is 26.2. The average Bonchev–Trinajstić information content (AvgIpc) is 3.72. The van der Waals surface area contributed by atoms with E-state index in [-0.39, 0.29) is 17.2 Å². The highest BCUT2D eigenvalue weighted by molar-refractivity contribution is 6.31. The summed E-state index contributed by atoms with van der Waals surface area (Å²) in [5.41, 5.74) is 3.25. The molecular weight excluding hydrogens is 593 g/mol. The largest absolute Gasteiger partial charge is 0.447 e. The number of aromatic nitrogens is 6. The predicted octanol–water partition coefficient (Wildman–Crippen LogP) is 4.90. The summed E-state index contributed by atoms with van der Waals surface area (Å²) in [5, 5.41) is 20.1. The highest BCUT2D eigenvalue weighted by Crippen LogP contribution is 2.32.